The predicted octanol–water partition coefficient (Wildman–Crippen LogP) is 0.211. The van der Waals surface area contributed by atoms with Crippen LogP contribution in [0.15, 0.2) is 18.3 Å². The van der Waals surface area contributed by atoms with Gasteiger partial charge in [-0.1, -0.05) is 0 Å². The van der Waals surface area contributed by atoms with Gasteiger partial charge in [0.1, 0.15) is 0 Å². The molecule has 0 amide bonds. The average Bonchev–Trinajstić information content (AvgIpc) is 2.35. The molecule has 0 saturated heterocycles. The highest BCUT2D eigenvalue weighted by Gasteiger charge is 2.20. The summed E-state index contributed by atoms with van der Waals surface area (Å²) in [7, 11) is 0.993. The maximum atomic E-state index is 12.1. The minimum atomic E-state index is -3.81. The summed E-state index contributed by atoms with van der Waals surface area (Å²) in [4.78, 5) is 16.2. The van der Waals surface area contributed by atoms with E-state index in [9.17, 15) is 13.2 Å². The maximum Gasteiger partial charge on any atom is 0.304 e. The number of aliphatic carboxylic acids is 1. The van der Waals surface area contributed by atoms with Crippen molar-refractivity contribution in [1.82, 2.24) is 9.29 Å². The van der Waals surface area contributed by atoms with Crippen LogP contribution in [0.3, 0.4) is 0 Å². The monoisotopic (exact) mass is 302 g/mol. The number of pyridine rings is 1. The lowest BCUT2D eigenvalue weighted by molar-refractivity contribution is -0.137. The summed E-state index contributed by atoms with van der Waals surface area (Å²) in [5, 5.41) is 8.58. The Kier molecular flexibility index (Phi) is 5.28. The summed E-state index contributed by atoms with van der Waals surface area (Å²) >= 11 is 0. The zero-order valence-corrected chi connectivity index (χ0v) is 12.4. The molecule has 0 aliphatic rings. The highest BCUT2D eigenvalue weighted by atomic mass is 32.2. The minimum absolute atomic E-state index is 0.109. The Morgan fingerprint density at radius 1 is 1.40 bits per heavy atom. The molecule has 0 radical (unpaired) electrons. The summed E-state index contributed by atoms with van der Waals surface area (Å²) in [6.07, 6.45) is 1.30. The fraction of sp³-hybridized carbons (Fsp3) is 0.455. The fourth-order valence-electron chi connectivity index (χ4n) is 1.42. The zero-order valence-electron chi connectivity index (χ0n) is 11.6. The molecule has 112 valence electrons. The molecule has 0 atom stereocenters. The van der Waals surface area contributed by atoms with Gasteiger partial charge < -0.3 is 10.0 Å². The van der Waals surface area contributed by atoms with E-state index in [1.165, 1.54) is 7.05 Å². The zero-order chi connectivity index (χ0) is 15.3. The van der Waals surface area contributed by atoms with Crippen LogP contribution in [0.5, 0.6) is 0 Å². The standard InChI is InChI=1S/C11H18N4O4S/c1-14(2)11-9(5-4-7-12-11)13-20(18,19)15(3)8-6-10(16)17/h4-5,7,13H,6,8H2,1-3H3,(H,16,17). The van der Waals surface area contributed by atoms with Crippen molar-refractivity contribution in [3.8, 4) is 0 Å². The molecule has 0 bridgehead atoms. The van der Waals surface area contributed by atoms with Crippen LogP contribution in [-0.2, 0) is 15.0 Å². The van der Waals surface area contributed by atoms with Crippen LogP contribution >= 0.6 is 0 Å². The third kappa shape index (κ3) is 4.35. The molecule has 1 rings (SSSR count). The van der Waals surface area contributed by atoms with Crippen LogP contribution in [0.4, 0.5) is 11.5 Å². The molecule has 0 unspecified atom stereocenters. The second-order valence-electron chi connectivity index (χ2n) is 4.34. The van der Waals surface area contributed by atoms with Gasteiger partial charge in [-0.25, -0.2) is 4.98 Å². The number of hydrogen-bond acceptors (Lipinski definition) is 5. The smallest absolute Gasteiger partial charge is 0.304 e. The number of rotatable bonds is 7. The molecule has 0 aliphatic heterocycles. The van der Waals surface area contributed by atoms with Gasteiger partial charge in [-0.2, -0.15) is 12.7 Å². The van der Waals surface area contributed by atoms with Crippen LogP contribution in [0.1, 0.15) is 6.42 Å². The maximum absolute atomic E-state index is 12.1. The molecule has 1 aromatic heterocycles. The molecule has 1 heterocycles. The number of aromatic nitrogens is 1. The number of hydrogen-bond donors (Lipinski definition) is 2. The number of anilines is 2. The molecule has 8 nitrogen and oxygen atoms in total. The number of nitrogens with zero attached hydrogens (tertiary/aromatic N) is 3. The first-order chi connectivity index (χ1) is 9.24. The molecule has 1 aromatic rings. The predicted molar refractivity (Wildman–Crippen MR) is 76.0 cm³/mol. The van der Waals surface area contributed by atoms with Crippen molar-refractivity contribution >= 4 is 27.7 Å². The van der Waals surface area contributed by atoms with E-state index in [0.29, 0.717) is 11.5 Å². The van der Waals surface area contributed by atoms with Crippen molar-refractivity contribution < 1.29 is 18.3 Å². The largest absolute Gasteiger partial charge is 0.481 e. The molecule has 0 fully saturated rings. The van der Waals surface area contributed by atoms with Crippen molar-refractivity contribution in [1.29, 1.82) is 0 Å². The van der Waals surface area contributed by atoms with E-state index in [2.05, 4.69) is 9.71 Å². The van der Waals surface area contributed by atoms with Gasteiger partial charge in [0, 0.05) is 33.9 Å². The summed E-state index contributed by atoms with van der Waals surface area (Å²) in [6, 6.07) is 3.20. The number of carboxylic acid groups (broad SMARTS) is 1. The second-order valence-corrected chi connectivity index (χ2v) is 6.12. The minimum Gasteiger partial charge on any atom is -0.481 e. The molecule has 0 aliphatic carbocycles. The third-order valence-corrected chi connectivity index (χ3v) is 3.98. The second kappa shape index (κ2) is 6.53. The fourth-order valence-corrected chi connectivity index (χ4v) is 2.35. The highest BCUT2D eigenvalue weighted by Crippen LogP contribution is 2.22. The third-order valence-electron chi connectivity index (χ3n) is 2.50. The van der Waals surface area contributed by atoms with Gasteiger partial charge in [0.05, 0.1) is 12.1 Å². The first-order valence-electron chi connectivity index (χ1n) is 5.82. The number of nitrogens with one attached hydrogen (secondary N) is 1. The lowest BCUT2D eigenvalue weighted by Crippen LogP contribution is -2.34. The Hall–Kier alpha value is -1.87. The van der Waals surface area contributed by atoms with Gasteiger partial charge in [-0.15, -0.1) is 0 Å². The van der Waals surface area contributed by atoms with Gasteiger partial charge in [-0.3, -0.25) is 9.52 Å². The van der Waals surface area contributed by atoms with Crippen LogP contribution in [0.2, 0.25) is 0 Å². The quantitative estimate of drug-likeness (QED) is 0.746. The van der Waals surface area contributed by atoms with Crippen LogP contribution < -0.4 is 9.62 Å². The molecule has 0 saturated carbocycles. The van der Waals surface area contributed by atoms with Crippen LogP contribution in [0, 0.1) is 0 Å². The molecule has 0 spiro atoms. The summed E-state index contributed by atoms with van der Waals surface area (Å²) in [6.45, 7) is -0.109. The number of carboxylic acids is 1. The van der Waals surface area contributed by atoms with Gasteiger partial charge in [-0.05, 0) is 12.1 Å². The van der Waals surface area contributed by atoms with Crippen molar-refractivity contribution in [2.24, 2.45) is 0 Å². The van der Waals surface area contributed by atoms with Crippen molar-refractivity contribution in [2.45, 2.75) is 6.42 Å². The molecule has 2 N–H and O–H groups in total. The lowest BCUT2D eigenvalue weighted by atomic mass is 10.4. The van der Waals surface area contributed by atoms with Crippen molar-refractivity contribution in [2.75, 3.05) is 37.3 Å². The molecular formula is C11H18N4O4S. The van der Waals surface area contributed by atoms with Gasteiger partial charge >= 0.3 is 16.2 Å². The topological polar surface area (TPSA) is 103 Å². The first kappa shape index (κ1) is 16.2. The van der Waals surface area contributed by atoms with Crippen molar-refractivity contribution in [3.05, 3.63) is 18.3 Å². The van der Waals surface area contributed by atoms with E-state index in [4.69, 9.17) is 5.11 Å². The van der Waals surface area contributed by atoms with Gasteiger partial charge in [0.2, 0.25) is 0 Å². The lowest BCUT2D eigenvalue weighted by Gasteiger charge is -2.20. The SMILES string of the molecule is CN(C)c1ncccc1NS(=O)(=O)N(C)CCC(=O)O. The van der Waals surface area contributed by atoms with Gasteiger partial charge in [0.25, 0.3) is 0 Å². The Balaban J connectivity index is 2.88. The van der Waals surface area contributed by atoms with Gasteiger partial charge in [0.15, 0.2) is 5.82 Å². The summed E-state index contributed by atoms with van der Waals surface area (Å²) < 4.78 is 27.5. The van der Waals surface area contributed by atoms with Crippen LogP contribution in [-0.4, -0.2) is 56.5 Å². The normalized spacial score (nSPS) is 11.4. The Labute approximate surface area is 118 Å². The molecule has 20 heavy (non-hydrogen) atoms. The van der Waals surface area contributed by atoms with E-state index in [-0.39, 0.29) is 13.0 Å². The molecule has 0 aromatic carbocycles. The van der Waals surface area contributed by atoms with E-state index in [1.54, 1.807) is 37.3 Å². The molecule has 9 heteroatoms. The summed E-state index contributed by atoms with van der Waals surface area (Å²) in [5.74, 6) is -0.579. The van der Waals surface area contributed by atoms with E-state index >= 15 is 0 Å². The Morgan fingerprint density at radius 2 is 2.05 bits per heavy atom. The van der Waals surface area contributed by atoms with E-state index in [1.807, 2.05) is 0 Å². The first-order valence-corrected chi connectivity index (χ1v) is 7.26. The molecular weight excluding hydrogens is 284 g/mol. The number of carbonyl (C=O) groups is 1. The van der Waals surface area contributed by atoms with Crippen LogP contribution in [0.25, 0.3) is 0 Å². The van der Waals surface area contributed by atoms with Crippen molar-refractivity contribution in [3.63, 3.8) is 0 Å². The van der Waals surface area contributed by atoms with E-state index < -0.39 is 16.2 Å². The highest BCUT2D eigenvalue weighted by molar-refractivity contribution is 7.90. The van der Waals surface area contributed by atoms with E-state index in [0.717, 1.165) is 4.31 Å². The summed E-state index contributed by atoms with van der Waals surface area (Å²) in [5.41, 5.74) is 0.333. The average molecular weight is 302 g/mol. The Bertz CT molecular complexity index is 574. The Morgan fingerprint density at radius 3 is 2.60 bits per heavy atom.